The fraction of sp³-hybridized carbons (Fsp3) is 0.833. The Balaban J connectivity index is 1.65. The van der Waals surface area contributed by atoms with Crippen LogP contribution >= 0.6 is 0 Å². The molecule has 6 nitrogen and oxygen atoms in total. The van der Waals surface area contributed by atoms with E-state index in [0.717, 1.165) is 44.9 Å². The Labute approximate surface area is 260 Å². The van der Waals surface area contributed by atoms with Crippen LogP contribution in [0.1, 0.15) is 93.7 Å². The molecule has 1 aromatic rings. The summed E-state index contributed by atoms with van der Waals surface area (Å²) in [5.74, 6) is 0. The average molecular weight is 583 g/mol. The summed E-state index contributed by atoms with van der Waals surface area (Å²) in [6.07, 6.45) is 8.79. The number of likely N-dealkylation sites (N-methyl/N-ethyl adjacent to an activating group) is 2. The summed E-state index contributed by atoms with van der Waals surface area (Å²) in [7, 11) is 4.56. The van der Waals surface area contributed by atoms with Gasteiger partial charge in [0.15, 0.2) is 0 Å². The maximum atomic E-state index is 2.82. The summed E-state index contributed by atoms with van der Waals surface area (Å²) >= 11 is 0. The van der Waals surface area contributed by atoms with Crippen LogP contribution in [-0.4, -0.2) is 128 Å². The van der Waals surface area contributed by atoms with Gasteiger partial charge in [-0.3, -0.25) is 19.6 Å². The number of benzene rings is 1. The van der Waals surface area contributed by atoms with E-state index >= 15 is 0 Å². The molecule has 0 N–H and O–H groups in total. The van der Waals surface area contributed by atoms with Crippen molar-refractivity contribution in [3.63, 3.8) is 0 Å². The molecule has 1 aromatic carbocycles. The normalized spacial score (nSPS) is 21.1. The second-order valence-electron chi connectivity index (χ2n) is 13.6. The average Bonchev–Trinajstić information content (AvgIpc) is 3.00. The minimum Gasteiger partial charge on any atom is -0.304 e. The molecule has 240 valence electrons. The Morgan fingerprint density at radius 1 is 0.429 bits per heavy atom. The summed E-state index contributed by atoms with van der Waals surface area (Å²) in [5.41, 5.74) is 10.2. The van der Waals surface area contributed by atoms with E-state index in [1.165, 1.54) is 104 Å². The minimum atomic E-state index is 0.786. The molecule has 0 aliphatic carbocycles. The van der Waals surface area contributed by atoms with Crippen molar-refractivity contribution in [3.8, 4) is 0 Å². The molecule has 4 rings (SSSR count). The molecule has 0 amide bonds. The fourth-order valence-corrected chi connectivity index (χ4v) is 8.09. The van der Waals surface area contributed by atoms with Crippen LogP contribution in [-0.2, 0) is 38.9 Å². The van der Waals surface area contributed by atoms with Gasteiger partial charge in [-0.25, -0.2) is 0 Å². The van der Waals surface area contributed by atoms with Crippen LogP contribution in [0, 0.1) is 0 Å². The number of rotatable bonds is 14. The van der Waals surface area contributed by atoms with Gasteiger partial charge in [0.05, 0.1) is 0 Å². The van der Waals surface area contributed by atoms with Crippen LogP contribution < -0.4 is 0 Å². The van der Waals surface area contributed by atoms with Crippen molar-refractivity contribution < 1.29 is 0 Å². The Morgan fingerprint density at radius 2 is 0.738 bits per heavy atom. The lowest BCUT2D eigenvalue weighted by Gasteiger charge is -2.40. The summed E-state index contributed by atoms with van der Waals surface area (Å²) in [5, 5.41) is 0. The topological polar surface area (TPSA) is 19.4 Å². The lowest BCUT2D eigenvalue weighted by atomic mass is 9.82. The molecule has 3 aliphatic heterocycles. The lowest BCUT2D eigenvalue weighted by Crippen LogP contribution is -2.50. The molecule has 3 aliphatic rings. The maximum absolute atomic E-state index is 2.82. The van der Waals surface area contributed by atoms with Gasteiger partial charge in [0.25, 0.3) is 0 Å². The molecule has 0 saturated carbocycles. The number of nitrogens with zero attached hydrogens (tertiary/aromatic N) is 6. The number of hydrogen-bond acceptors (Lipinski definition) is 6. The van der Waals surface area contributed by atoms with Crippen LogP contribution in [0.25, 0.3) is 0 Å². The largest absolute Gasteiger partial charge is 0.304 e. The molecule has 3 heterocycles. The Bertz CT molecular complexity index is 880. The molecule has 0 bridgehead atoms. The minimum absolute atomic E-state index is 0.786. The molecule has 6 heteroatoms. The molecule has 0 radical (unpaired) electrons. The number of hydrogen-bond donors (Lipinski definition) is 0. The predicted molar refractivity (Wildman–Crippen MR) is 181 cm³/mol. The van der Waals surface area contributed by atoms with E-state index in [4.69, 9.17) is 0 Å². The van der Waals surface area contributed by atoms with Gasteiger partial charge in [0, 0.05) is 104 Å². The standard InChI is InChI=1S/C36H66N6/c1-8-13-30(14-9-2)42-25-23-41(24-26-42)29-36-32(11-4)34(27-39-19-15-37(6)16-20-39)31(10-3)35(33(36)12-5)28-40-21-17-38(7)18-22-40/h30H,8-29H2,1-7H3. The molecule has 42 heavy (non-hydrogen) atoms. The molecule has 3 fully saturated rings. The van der Waals surface area contributed by atoms with Gasteiger partial charge in [-0.1, -0.05) is 47.5 Å². The van der Waals surface area contributed by atoms with E-state index in [2.05, 4.69) is 78.1 Å². The summed E-state index contributed by atoms with van der Waals surface area (Å²) in [6.45, 7) is 29.9. The van der Waals surface area contributed by atoms with Crippen molar-refractivity contribution in [2.75, 3.05) is 92.6 Å². The first-order valence-electron chi connectivity index (χ1n) is 17.9. The first-order valence-corrected chi connectivity index (χ1v) is 17.9. The van der Waals surface area contributed by atoms with Gasteiger partial charge in [0.2, 0.25) is 0 Å². The third-order valence-electron chi connectivity index (χ3n) is 10.8. The van der Waals surface area contributed by atoms with Crippen LogP contribution in [0.5, 0.6) is 0 Å². The zero-order chi connectivity index (χ0) is 30.1. The van der Waals surface area contributed by atoms with Gasteiger partial charge in [-0.05, 0) is 79.6 Å². The van der Waals surface area contributed by atoms with Crippen molar-refractivity contribution in [1.82, 2.24) is 29.4 Å². The third kappa shape index (κ3) is 8.57. The Kier molecular flexibility index (Phi) is 13.6. The zero-order valence-electron chi connectivity index (χ0n) is 28.8. The first kappa shape index (κ1) is 33.9. The smallest absolute Gasteiger partial charge is 0.0240 e. The monoisotopic (exact) mass is 583 g/mol. The molecule has 0 spiro atoms. The van der Waals surface area contributed by atoms with E-state index in [9.17, 15) is 0 Å². The highest BCUT2D eigenvalue weighted by Crippen LogP contribution is 2.34. The van der Waals surface area contributed by atoms with Crippen molar-refractivity contribution in [3.05, 3.63) is 33.4 Å². The van der Waals surface area contributed by atoms with Crippen LogP contribution in [0.4, 0.5) is 0 Å². The predicted octanol–water partition coefficient (Wildman–Crippen LogP) is 4.96. The van der Waals surface area contributed by atoms with Gasteiger partial charge < -0.3 is 9.80 Å². The second-order valence-corrected chi connectivity index (χ2v) is 13.6. The highest BCUT2D eigenvalue weighted by Gasteiger charge is 2.28. The highest BCUT2D eigenvalue weighted by molar-refractivity contribution is 5.52. The zero-order valence-corrected chi connectivity index (χ0v) is 28.8. The van der Waals surface area contributed by atoms with Crippen LogP contribution in [0.2, 0.25) is 0 Å². The molecule has 0 aromatic heterocycles. The van der Waals surface area contributed by atoms with Crippen molar-refractivity contribution in [1.29, 1.82) is 0 Å². The molecule has 3 saturated heterocycles. The highest BCUT2D eigenvalue weighted by atomic mass is 15.3. The van der Waals surface area contributed by atoms with E-state index in [0.29, 0.717) is 0 Å². The number of piperazine rings is 3. The van der Waals surface area contributed by atoms with Crippen molar-refractivity contribution >= 4 is 0 Å². The van der Waals surface area contributed by atoms with E-state index in [1.54, 1.807) is 33.4 Å². The van der Waals surface area contributed by atoms with Gasteiger partial charge in [-0.15, -0.1) is 0 Å². The molecule has 0 unspecified atom stereocenters. The maximum Gasteiger partial charge on any atom is 0.0240 e. The van der Waals surface area contributed by atoms with Crippen molar-refractivity contribution in [2.24, 2.45) is 0 Å². The van der Waals surface area contributed by atoms with E-state index in [-0.39, 0.29) is 0 Å². The SMILES string of the molecule is CCCC(CCC)N1CCN(Cc2c(CC)c(CN3CCN(C)CC3)c(CC)c(CN3CCN(C)CC3)c2CC)CC1. The Morgan fingerprint density at radius 3 is 1.02 bits per heavy atom. The van der Waals surface area contributed by atoms with Gasteiger partial charge in [0.1, 0.15) is 0 Å². The van der Waals surface area contributed by atoms with E-state index < -0.39 is 0 Å². The third-order valence-corrected chi connectivity index (χ3v) is 10.8. The Hall–Kier alpha value is -1.02. The van der Waals surface area contributed by atoms with Crippen LogP contribution in [0.15, 0.2) is 0 Å². The second kappa shape index (κ2) is 16.9. The first-order chi connectivity index (χ1) is 20.4. The summed E-state index contributed by atoms with van der Waals surface area (Å²) in [6, 6.07) is 0.786. The van der Waals surface area contributed by atoms with Gasteiger partial charge in [-0.2, -0.15) is 0 Å². The summed E-state index contributed by atoms with van der Waals surface area (Å²) < 4.78 is 0. The van der Waals surface area contributed by atoms with E-state index in [1.807, 2.05) is 0 Å². The quantitative estimate of drug-likeness (QED) is 0.307. The molecular formula is C36H66N6. The molecule has 0 atom stereocenters. The lowest BCUT2D eigenvalue weighted by molar-refractivity contribution is 0.0832. The summed E-state index contributed by atoms with van der Waals surface area (Å²) in [4.78, 5) is 16.1. The van der Waals surface area contributed by atoms with Crippen molar-refractivity contribution in [2.45, 2.75) is 105 Å². The van der Waals surface area contributed by atoms with Crippen LogP contribution in [0.3, 0.4) is 0 Å². The van der Waals surface area contributed by atoms with Gasteiger partial charge >= 0.3 is 0 Å². The molecular weight excluding hydrogens is 516 g/mol. The fourth-order valence-electron chi connectivity index (χ4n) is 8.09.